The van der Waals surface area contributed by atoms with Gasteiger partial charge in [0.2, 0.25) is 5.91 Å². The third kappa shape index (κ3) is 5.81. The summed E-state index contributed by atoms with van der Waals surface area (Å²) in [5, 5.41) is 5.93. The number of anilines is 1. The van der Waals surface area contributed by atoms with Crippen LogP contribution in [0.25, 0.3) is 10.4 Å². The second-order valence-electron chi connectivity index (χ2n) is 8.08. The summed E-state index contributed by atoms with van der Waals surface area (Å²) in [6.45, 7) is 4.18. The molecule has 4 rings (SSSR count). The van der Waals surface area contributed by atoms with Crippen LogP contribution in [-0.4, -0.2) is 35.8 Å². The Kier molecular flexibility index (Phi) is 6.97. The summed E-state index contributed by atoms with van der Waals surface area (Å²) in [4.78, 5) is 27.7. The smallest absolute Gasteiger partial charge is 0.261 e. The summed E-state index contributed by atoms with van der Waals surface area (Å²) in [7, 11) is 0. The molecule has 1 saturated heterocycles. The predicted octanol–water partition coefficient (Wildman–Crippen LogP) is 4.91. The molecule has 0 aliphatic carbocycles. The van der Waals surface area contributed by atoms with Crippen LogP contribution in [0.5, 0.6) is 0 Å². The molecule has 0 saturated carbocycles. The fourth-order valence-corrected chi connectivity index (χ4v) is 4.81. The van der Waals surface area contributed by atoms with Gasteiger partial charge in [-0.1, -0.05) is 24.3 Å². The van der Waals surface area contributed by atoms with Gasteiger partial charge in [-0.3, -0.25) is 14.5 Å². The van der Waals surface area contributed by atoms with Crippen molar-refractivity contribution < 1.29 is 14.0 Å². The molecule has 1 aliphatic rings. The molecule has 2 aromatic carbocycles. The van der Waals surface area contributed by atoms with Crippen LogP contribution >= 0.6 is 11.3 Å². The molecule has 0 bridgehead atoms. The van der Waals surface area contributed by atoms with Crippen molar-refractivity contribution in [2.24, 2.45) is 0 Å². The third-order valence-electron chi connectivity index (χ3n) is 5.54. The van der Waals surface area contributed by atoms with Crippen LogP contribution < -0.4 is 10.6 Å². The lowest BCUT2D eigenvalue weighted by atomic mass is 10.0. The number of nitrogens with zero attached hydrogens (tertiary/aromatic N) is 1. The first-order valence-corrected chi connectivity index (χ1v) is 11.5. The van der Waals surface area contributed by atoms with Crippen LogP contribution in [0.4, 0.5) is 10.1 Å². The van der Waals surface area contributed by atoms with Gasteiger partial charge in [-0.15, -0.1) is 11.3 Å². The highest BCUT2D eigenvalue weighted by Crippen LogP contribution is 2.28. The van der Waals surface area contributed by atoms with Crippen LogP contribution in [0, 0.1) is 5.82 Å². The fraction of sp³-hybridized carbons (Fsp3) is 0.280. The van der Waals surface area contributed by atoms with Gasteiger partial charge in [0.15, 0.2) is 0 Å². The minimum atomic E-state index is -0.280. The molecule has 0 radical (unpaired) electrons. The molecule has 2 heterocycles. The average Bonchev–Trinajstić information content (AvgIpc) is 3.27. The Balaban J connectivity index is 1.26. The van der Waals surface area contributed by atoms with Gasteiger partial charge in [-0.2, -0.15) is 0 Å². The van der Waals surface area contributed by atoms with Crippen molar-refractivity contribution in [1.82, 2.24) is 10.2 Å². The molecular formula is C25H26FN3O2S. The molecule has 0 spiro atoms. The Morgan fingerprint density at radius 1 is 1.06 bits per heavy atom. The number of nitrogens with one attached hydrogen (secondary N) is 2. The molecular weight excluding hydrogens is 425 g/mol. The third-order valence-corrected chi connectivity index (χ3v) is 6.68. The van der Waals surface area contributed by atoms with E-state index in [2.05, 4.69) is 15.5 Å². The van der Waals surface area contributed by atoms with Crippen LogP contribution in [0.2, 0.25) is 0 Å². The van der Waals surface area contributed by atoms with Crippen molar-refractivity contribution in [3.8, 4) is 10.4 Å². The lowest BCUT2D eigenvalue weighted by Crippen LogP contribution is -2.44. The first-order valence-electron chi connectivity index (χ1n) is 10.7. The van der Waals surface area contributed by atoms with Crippen molar-refractivity contribution in [2.45, 2.75) is 32.4 Å². The van der Waals surface area contributed by atoms with E-state index in [1.54, 1.807) is 12.1 Å². The number of benzene rings is 2. The van der Waals surface area contributed by atoms with E-state index in [1.807, 2.05) is 36.4 Å². The van der Waals surface area contributed by atoms with Crippen LogP contribution in [0.3, 0.4) is 0 Å². The van der Waals surface area contributed by atoms with E-state index in [0.29, 0.717) is 4.88 Å². The highest BCUT2D eigenvalue weighted by Gasteiger charge is 2.22. The highest BCUT2D eigenvalue weighted by atomic mass is 32.1. The summed E-state index contributed by atoms with van der Waals surface area (Å²) >= 11 is 1.38. The predicted molar refractivity (Wildman–Crippen MR) is 126 cm³/mol. The van der Waals surface area contributed by atoms with Gasteiger partial charge in [0.25, 0.3) is 5.91 Å². The minimum Gasteiger partial charge on any atom is -0.349 e. The number of likely N-dealkylation sites (tertiary alicyclic amines) is 1. The molecule has 1 aliphatic heterocycles. The zero-order valence-electron chi connectivity index (χ0n) is 17.9. The molecule has 166 valence electrons. The summed E-state index contributed by atoms with van der Waals surface area (Å²) in [6.07, 6.45) is 1.80. The molecule has 7 heteroatoms. The van der Waals surface area contributed by atoms with Gasteiger partial charge in [-0.25, -0.2) is 4.39 Å². The van der Waals surface area contributed by atoms with Crippen molar-refractivity contribution in [3.63, 3.8) is 0 Å². The fourth-order valence-electron chi connectivity index (χ4n) is 3.90. The van der Waals surface area contributed by atoms with Gasteiger partial charge in [-0.05, 0) is 60.4 Å². The summed E-state index contributed by atoms with van der Waals surface area (Å²) in [5.74, 6) is -0.420. The molecule has 3 aromatic rings. The van der Waals surface area contributed by atoms with E-state index in [-0.39, 0.29) is 23.7 Å². The first kappa shape index (κ1) is 22.2. The molecule has 1 aromatic heterocycles. The lowest BCUT2D eigenvalue weighted by Gasteiger charge is -2.32. The Labute approximate surface area is 191 Å². The molecule has 2 N–H and O–H groups in total. The van der Waals surface area contributed by atoms with Gasteiger partial charge in [0.1, 0.15) is 5.82 Å². The Bertz CT molecular complexity index is 1090. The number of hydrogen-bond acceptors (Lipinski definition) is 4. The van der Waals surface area contributed by atoms with Gasteiger partial charge >= 0.3 is 0 Å². The number of halogens is 1. The van der Waals surface area contributed by atoms with E-state index >= 15 is 0 Å². The number of amides is 2. The molecule has 0 atom stereocenters. The Morgan fingerprint density at radius 2 is 1.81 bits per heavy atom. The van der Waals surface area contributed by atoms with Crippen molar-refractivity contribution in [2.75, 3.05) is 18.4 Å². The molecule has 0 unspecified atom stereocenters. The number of carbonyl (C=O) groups is 2. The number of thiophene rings is 1. The van der Waals surface area contributed by atoms with Gasteiger partial charge in [0.05, 0.1) is 4.88 Å². The maximum atomic E-state index is 13.5. The number of rotatable bonds is 6. The maximum Gasteiger partial charge on any atom is 0.261 e. The molecule has 2 amide bonds. The first-order chi connectivity index (χ1) is 15.5. The normalized spacial score (nSPS) is 14.8. The SMILES string of the molecule is CC(=O)Nc1ccc(CN2CCC(NC(=O)c3ccc(-c4cccc(F)c4)s3)CC2)cc1. The topological polar surface area (TPSA) is 61.4 Å². The van der Waals surface area contributed by atoms with Crippen LogP contribution in [0.15, 0.2) is 60.7 Å². The zero-order chi connectivity index (χ0) is 22.5. The minimum absolute atomic E-state index is 0.0651. The Hall–Kier alpha value is -3.03. The lowest BCUT2D eigenvalue weighted by molar-refractivity contribution is -0.114. The largest absolute Gasteiger partial charge is 0.349 e. The van der Waals surface area contributed by atoms with Gasteiger partial charge in [0, 0.05) is 43.2 Å². The van der Waals surface area contributed by atoms with Crippen molar-refractivity contribution >= 4 is 28.8 Å². The van der Waals surface area contributed by atoms with Gasteiger partial charge < -0.3 is 10.6 Å². The second kappa shape index (κ2) is 10.1. The Morgan fingerprint density at radius 3 is 2.50 bits per heavy atom. The van der Waals surface area contributed by atoms with Crippen LogP contribution in [0.1, 0.15) is 35.0 Å². The van der Waals surface area contributed by atoms with E-state index in [9.17, 15) is 14.0 Å². The standard InChI is InChI=1S/C25H26FN3O2S/c1-17(30)27-21-7-5-18(6-8-21)16-29-13-11-22(12-14-29)28-25(31)24-10-9-23(32-24)19-3-2-4-20(26)15-19/h2-10,15,22H,11-14,16H2,1H3,(H,27,30)(H,28,31). The van der Waals surface area contributed by atoms with Crippen molar-refractivity contribution in [3.05, 3.63) is 76.9 Å². The summed E-state index contributed by atoms with van der Waals surface area (Å²) in [5.41, 5.74) is 2.79. The number of hydrogen-bond donors (Lipinski definition) is 2. The highest BCUT2D eigenvalue weighted by molar-refractivity contribution is 7.17. The maximum absolute atomic E-state index is 13.5. The summed E-state index contributed by atoms with van der Waals surface area (Å²) < 4.78 is 13.5. The van der Waals surface area contributed by atoms with Crippen molar-refractivity contribution in [1.29, 1.82) is 0 Å². The van der Waals surface area contributed by atoms with E-state index in [4.69, 9.17) is 0 Å². The van der Waals surface area contributed by atoms with Crippen LogP contribution in [-0.2, 0) is 11.3 Å². The summed E-state index contributed by atoms with van der Waals surface area (Å²) in [6, 6.07) is 18.2. The van der Waals surface area contributed by atoms with E-state index in [0.717, 1.165) is 48.6 Å². The quantitative estimate of drug-likeness (QED) is 0.560. The monoisotopic (exact) mass is 451 g/mol. The second-order valence-corrected chi connectivity index (χ2v) is 9.16. The molecule has 5 nitrogen and oxygen atoms in total. The molecule has 32 heavy (non-hydrogen) atoms. The zero-order valence-corrected chi connectivity index (χ0v) is 18.8. The average molecular weight is 452 g/mol. The number of carbonyl (C=O) groups excluding carboxylic acids is 2. The van der Waals surface area contributed by atoms with E-state index < -0.39 is 0 Å². The van der Waals surface area contributed by atoms with E-state index in [1.165, 1.54) is 36.0 Å². The number of piperidine rings is 1. The molecule has 1 fully saturated rings.